The minimum atomic E-state index is -4.38. The van der Waals surface area contributed by atoms with Gasteiger partial charge in [0.25, 0.3) is 0 Å². The van der Waals surface area contributed by atoms with Gasteiger partial charge in [-0.2, -0.15) is 0 Å². The summed E-state index contributed by atoms with van der Waals surface area (Å²) in [7, 11) is -1.86. The maximum Gasteiger partial charge on any atom is 0.332 e. The Labute approximate surface area is 263 Å². The topological polar surface area (TPSA) is 121 Å². The van der Waals surface area contributed by atoms with Crippen molar-refractivity contribution in [2.24, 2.45) is 5.92 Å². The normalized spacial score (nSPS) is 14.3. The highest BCUT2D eigenvalue weighted by atomic mass is 32.2. The number of nitrogens with zero attached hydrogens (tertiary/aromatic N) is 1. The summed E-state index contributed by atoms with van der Waals surface area (Å²) in [5.74, 6) is -1.21. The van der Waals surface area contributed by atoms with Crippen molar-refractivity contribution < 1.29 is 32.3 Å². The van der Waals surface area contributed by atoms with E-state index in [0.717, 1.165) is 54.2 Å². The van der Waals surface area contributed by atoms with E-state index >= 15 is 0 Å². The van der Waals surface area contributed by atoms with E-state index in [1.54, 1.807) is 12.1 Å². The van der Waals surface area contributed by atoms with Gasteiger partial charge in [-0.25, -0.2) is 8.42 Å². The fourth-order valence-corrected chi connectivity index (χ4v) is 7.74. The molecule has 10 heteroatoms. The Morgan fingerprint density at radius 2 is 1.69 bits per heavy atom. The van der Waals surface area contributed by atoms with Crippen LogP contribution < -0.4 is 10.1 Å². The zero-order valence-corrected chi connectivity index (χ0v) is 26.6. The highest BCUT2D eigenvalue weighted by Gasteiger charge is 2.42. The predicted octanol–water partition coefficient (Wildman–Crippen LogP) is 5.98. The van der Waals surface area contributed by atoms with Crippen LogP contribution in [0.15, 0.2) is 77.8 Å². The molecule has 1 aliphatic rings. The Kier molecular flexibility index (Phi) is 9.72. The van der Waals surface area contributed by atoms with Gasteiger partial charge in [0.15, 0.2) is 15.6 Å². The number of nitrogens with one attached hydrogen (secondary N) is 1. The molecule has 45 heavy (non-hydrogen) atoms. The number of rotatable bonds is 12. The third-order valence-corrected chi connectivity index (χ3v) is 10.5. The van der Waals surface area contributed by atoms with Crippen LogP contribution >= 0.6 is 0 Å². The van der Waals surface area contributed by atoms with Gasteiger partial charge in [0.1, 0.15) is 5.75 Å². The molecule has 1 aliphatic carbocycles. The molecule has 1 atom stereocenters. The van der Waals surface area contributed by atoms with E-state index in [-0.39, 0.29) is 16.4 Å². The van der Waals surface area contributed by atoms with Gasteiger partial charge in [0, 0.05) is 47.7 Å². The summed E-state index contributed by atoms with van der Waals surface area (Å²) in [5, 5.41) is 1.99. The fraction of sp³-hybridized carbons (Fsp3) is 0.343. The van der Waals surface area contributed by atoms with Gasteiger partial charge in [-0.3, -0.25) is 14.4 Å². The number of sulfone groups is 1. The molecule has 3 aromatic carbocycles. The fourth-order valence-electron chi connectivity index (χ4n) is 6.17. The molecule has 1 heterocycles. The number of hydrogen-bond donors (Lipinski definition) is 1. The molecule has 1 saturated carbocycles. The standard InChI is InChI=1S/C35H38N2O7S/c1-4-37-22-26(29-21-27(16-17-30(29)37)36-32(38)18-23-10-8-9-11-23)19-24-14-15-25(20-31(24)43-2)33(39)34(35(40)44-3)45(41,42)28-12-6-5-7-13-28/h5-7,12-17,20-23,34H,4,8-11,18-19H2,1-3H3,(H,36,38). The van der Waals surface area contributed by atoms with Crippen LogP contribution in [0.3, 0.4) is 0 Å². The number of Topliss-reactive ketones (excluding diaryl/α,β-unsaturated/α-hetero) is 1. The van der Waals surface area contributed by atoms with Gasteiger partial charge in [0.2, 0.25) is 11.2 Å². The Morgan fingerprint density at radius 1 is 0.956 bits per heavy atom. The van der Waals surface area contributed by atoms with Gasteiger partial charge in [-0.15, -0.1) is 0 Å². The van der Waals surface area contributed by atoms with Crippen molar-refractivity contribution in [3.8, 4) is 5.75 Å². The van der Waals surface area contributed by atoms with Gasteiger partial charge >= 0.3 is 5.97 Å². The van der Waals surface area contributed by atoms with E-state index in [1.807, 2.05) is 18.2 Å². The van der Waals surface area contributed by atoms with E-state index < -0.39 is 26.8 Å². The lowest BCUT2D eigenvalue weighted by atomic mass is 9.99. The quantitative estimate of drug-likeness (QED) is 0.116. The van der Waals surface area contributed by atoms with Crippen molar-refractivity contribution in [3.05, 3.63) is 89.6 Å². The molecule has 1 unspecified atom stereocenters. The molecule has 1 N–H and O–H groups in total. The van der Waals surface area contributed by atoms with Crippen molar-refractivity contribution in [2.45, 2.75) is 62.1 Å². The van der Waals surface area contributed by atoms with Crippen LogP contribution in [-0.4, -0.2) is 50.1 Å². The first-order valence-electron chi connectivity index (χ1n) is 15.2. The molecule has 0 spiro atoms. The Hall–Kier alpha value is -4.44. The average Bonchev–Trinajstić information content (AvgIpc) is 3.68. The average molecular weight is 631 g/mol. The minimum absolute atomic E-state index is 0.00811. The molecule has 1 amide bonds. The second-order valence-corrected chi connectivity index (χ2v) is 13.4. The molecule has 5 rings (SSSR count). The van der Waals surface area contributed by atoms with Gasteiger partial charge < -0.3 is 19.4 Å². The summed E-state index contributed by atoms with van der Waals surface area (Å²) in [5.41, 5.74) is 3.53. The molecular weight excluding hydrogens is 592 g/mol. The van der Waals surface area contributed by atoms with Crippen molar-refractivity contribution in [2.75, 3.05) is 19.5 Å². The Morgan fingerprint density at radius 3 is 2.36 bits per heavy atom. The van der Waals surface area contributed by atoms with E-state index in [0.29, 0.717) is 24.5 Å². The zero-order chi connectivity index (χ0) is 32.1. The number of carbonyl (C=O) groups is 3. The molecule has 0 saturated heterocycles. The predicted molar refractivity (Wildman–Crippen MR) is 172 cm³/mol. The highest BCUT2D eigenvalue weighted by molar-refractivity contribution is 7.93. The number of amides is 1. The number of methoxy groups -OCH3 is 2. The van der Waals surface area contributed by atoms with Gasteiger partial charge in [-0.1, -0.05) is 43.2 Å². The zero-order valence-electron chi connectivity index (χ0n) is 25.7. The third kappa shape index (κ3) is 6.81. The number of hydrogen-bond acceptors (Lipinski definition) is 7. The molecule has 0 aliphatic heterocycles. The van der Waals surface area contributed by atoms with Crippen LogP contribution in [0.1, 0.15) is 60.5 Å². The maximum atomic E-state index is 13.6. The number of aromatic nitrogens is 1. The number of ketones is 1. The SMILES string of the molecule is CCn1cc(Cc2ccc(C(=O)C(C(=O)OC)S(=O)(=O)c3ccccc3)cc2OC)c2cc(NC(=O)CC3CCCC3)ccc21. The summed E-state index contributed by atoms with van der Waals surface area (Å²) in [6, 6.07) is 17.9. The summed E-state index contributed by atoms with van der Waals surface area (Å²) < 4.78 is 39.3. The maximum absolute atomic E-state index is 13.6. The molecule has 1 aromatic heterocycles. The first-order valence-corrected chi connectivity index (χ1v) is 16.7. The molecule has 4 aromatic rings. The lowest BCUT2D eigenvalue weighted by molar-refractivity contribution is -0.139. The molecule has 236 valence electrons. The number of anilines is 1. The molecular formula is C35H38N2O7S. The largest absolute Gasteiger partial charge is 0.496 e. The summed E-state index contributed by atoms with van der Waals surface area (Å²) >= 11 is 0. The van der Waals surface area contributed by atoms with Gasteiger partial charge in [-0.05, 0) is 73.2 Å². The lowest BCUT2D eigenvalue weighted by Crippen LogP contribution is -2.39. The van der Waals surface area contributed by atoms with Crippen molar-refractivity contribution in [3.63, 3.8) is 0 Å². The minimum Gasteiger partial charge on any atom is -0.496 e. The van der Waals surface area contributed by atoms with Crippen LogP contribution in [0.4, 0.5) is 5.69 Å². The molecule has 0 bridgehead atoms. The van der Waals surface area contributed by atoms with Crippen LogP contribution in [0.2, 0.25) is 0 Å². The smallest absolute Gasteiger partial charge is 0.332 e. The first-order chi connectivity index (χ1) is 21.7. The number of benzene rings is 3. The summed E-state index contributed by atoms with van der Waals surface area (Å²) in [4.78, 5) is 38.8. The number of aryl methyl sites for hydroxylation is 1. The van der Waals surface area contributed by atoms with E-state index in [4.69, 9.17) is 9.47 Å². The van der Waals surface area contributed by atoms with E-state index in [1.165, 1.54) is 56.3 Å². The second-order valence-electron chi connectivity index (χ2n) is 11.4. The monoisotopic (exact) mass is 630 g/mol. The number of esters is 1. The number of fused-ring (bicyclic) bond motifs is 1. The van der Waals surface area contributed by atoms with E-state index in [9.17, 15) is 22.8 Å². The van der Waals surface area contributed by atoms with Crippen LogP contribution in [0.25, 0.3) is 10.9 Å². The van der Waals surface area contributed by atoms with Crippen LogP contribution in [-0.2, 0) is 37.1 Å². The third-order valence-electron chi connectivity index (χ3n) is 8.52. The van der Waals surface area contributed by atoms with Crippen LogP contribution in [0, 0.1) is 5.92 Å². The molecule has 0 radical (unpaired) electrons. The van der Waals surface area contributed by atoms with Crippen LogP contribution in [0.5, 0.6) is 5.75 Å². The van der Waals surface area contributed by atoms with Gasteiger partial charge in [0.05, 0.1) is 19.1 Å². The number of carbonyl (C=O) groups excluding carboxylic acids is 3. The highest BCUT2D eigenvalue weighted by Crippen LogP contribution is 2.32. The second kappa shape index (κ2) is 13.7. The summed E-state index contributed by atoms with van der Waals surface area (Å²) in [6.45, 7) is 2.81. The summed E-state index contributed by atoms with van der Waals surface area (Å²) in [6.07, 6.45) is 7.63. The Bertz CT molecular complexity index is 1820. The van der Waals surface area contributed by atoms with Crippen molar-refractivity contribution in [1.29, 1.82) is 0 Å². The lowest BCUT2D eigenvalue weighted by Gasteiger charge is -2.16. The number of ether oxygens (including phenoxy) is 2. The molecule has 9 nitrogen and oxygen atoms in total. The first kappa shape index (κ1) is 32.0. The van der Waals surface area contributed by atoms with E-state index in [2.05, 4.69) is 23.0 Å². The Balaban J connectivity index is 1.43. The molecule has 1 fully saturated rings. The van der Waals surface area contributed by atoms with Crippen molar-refractivity contribution in [1.82, 2.24) is 4.57 Å². The van der Waals surface area contributed by atoms with Crippen molar-refractivity contribution >= 4 is 44.1 Å².